The molecule has 1 fully saturated rings. The molecule has 1 aliphatic rings. The molecule has 1 amide bonds. The van der Waals surface area contributed by atoms with E-state index in [0.717, 1.165) is 16.3 Å². The van der Waals surface area contributed by atoms with Gasteiger partial charge in [-0.25, -0.2) is 9.97 Å². The van der Waals surface area contributed by atoms with E-state index in [1.165, 1.54) is 11.3 Å². The first kappa shape index (κ1) is 18.4. The second kappa shape index (κ2) is 7.93. The monoisotopic (exact) mass is 395 g/mol. The van der Waals surface area contributed by atoms with Gasteiger partial charge in [0.1, 0.15) is 10.7 Å². The molecule has 2 aromatic heterocycles. The van der Waals surface area contributed by atoms with E-state index in [0.29, 0.717) is 43.7 Å². The van der Waals surface area contributed by atoms with Gasteiger partial charge in [0.05, 0.1) is 7.11 Å². The Hall–Kier alpha value is -3.00. The van der Waals surface area contributed by atoms with Gasteiger partial charge in [0.15, 0.2) is 0 Å². The van der Waals surface area contributed by atoms with E-state index >= 15 is 0 Å². The van der Waals surface area contributed by atoms with Crippen molar-refractivity contribution in [2.75, 3.05) is 38.2 Å². The molecule has 0 unspecified atom stereocenters. The van der Waals surface area contributed by atoms with Gasteiger partial charge in [0.2, 0.25) is 11.8 Å². The largest absolute Gasteiger partial charge is 0.481 e. The fourth-order valence-electron chi connectivity index (χ4n) is 3.13. The van der Waals surface area contributed by atoms with E-state index in [-0.39, 0.29) is 5.91 Å². The molecule has 0 radical (unpaired) electrons. The van der Waals surface area contributed by atoms with E-state index in [4.69, 9.17) is 4.74 Å². The number of thiazole rings is 1. The Morgan fingerprint density at radius 2 is 1.82 bits per heavy atom. The predicted molar refractivity (Wildman–Crippen MR) is 109 cm³/mol. The summed E-state index contributed by atoms with van der Waals surface area (Å²) < 4.78 is 5.23. The number of carbonyl (C=O) groups excluding carboxylic acids is 1. The lowest BCUT2D eigenvalue weighted by molar-refractivity contribution is 0.0741. The summed E-state index contributed by atoms with van der Waals surface area (Å²) >= 11 is 1.50. The minimum atomic E-state index is -0.0270. The molecular weight excluding hydrogens is 374 g/mol. The Bertz CT molecular complexity index is 968. The lowest BCUT2D eigenvalue weighted by Crippen LogP contribution is -2.49. The van der Waals surface area contributed by atoms with Crippen LogP contribution in [0.4, 0.5) is 5.95 Å². The highest BCUT2D eigenvalue weighted by Gasteiger charge is 2.25. The smallest absolute Gasteiger partial charge is 0.273 e. The summed E-state index contributed by atoms with van der Waals surface area (Å²) in [4.78, 5) is 30.2. The summed E-state index contributed by atoms with van der Waals surface area (Å²) in [5, 5.41) is 2.70. The van der Waals surface area contributed by atoms with Crippen molar-refractivity contribution >= 4 is 23.2 Å². The van der Waals surface area contributed by atoms with Crippen LogP contribution >= 0.6 is 11.3 Å². The third-order valence-corrected chi connectivity index (χ3v) is 5.51. The van der Waals surface area contributed by atoms with Crippen molar-refractivity contribution in [1.29, 1.82) is 0 Å². The molecule has 0 spiro atoms. The first-order chi connectivity index (χ1) is 13.6. The number of rotatable bonds is 4. The lowest BCUT2D eigenvalue weighted by Gasteiger charge is -2.34. The number of amides is 1. The van der Waals surface area contributed by atoms with Crippen molar-refractivity contribution in [2.45, 2.75) is 6.92 Å². The minimum absolute atomic E-state index is 0.0270. The van der Waals surface area contributed by atoms with Crippen molar-refractivity contribution in [1.82, 2.24) is 19.9 Å². The van der Waals surface area contributed by atoms with E-state index in [2.05, 4.69) is 19.9 Å². The molecule has 1 aromatic carbocycles. The van der Waals surface area contributed by atoms with Gasteiger partial charge in [0.25, 0.3) is 5.91 Å². The summed E-state index contributed by atoms with van der Waals surface area (Å²) in [5.74, 6) is 1.17. The Kier molecular flexibility index (Phi) is 5.21. The first-order valence-electron chi connectivity index (χ1n) is 9.09. The molecular formula is C20H21N5O2S. The van der Waals surface area contributed by atoms with Crippen molar-refractivity contribution < 1.29 is 9.53 Å². The highest BCUT2D eigenvalue weighted by molar-refractivity contribution is 7.13. The lowest BCUT2D eigenvalue weighted by atomic mass is 10.2. The maximum Gasteiger partial charge on any atom is 0.273 e. The average Bonchev–Trinajstić information content (AvgIpc) is 3.24. The molecule has 0 aliphatic carbocycles. The van der Waals surface area contributed by atoms with E-state index in [1.54, 1.807) is 13.2 Å². The molecule has 0 saturated carbocycles. The number of benzene rings is 1. The van der Waals surface area contributed by atoms with E-state index in [1.807, 2.05) is 47.5 Å². The molecule has 7 nitrogen and oxygen atoms in total. The van der Waals surface area contributed by atoms with Gasteiger partial charge in [-0.05, 0) is 6.92 Å². The number of hydrogen-bond acceptors (Lipinski definition) is 7. The number of piperazine rings is 1. The SMILES string of the molecule is COc1cc(C)nc(N2CCN(C(=O)c3csc(-c4ccccc4)n3)CC2)n1. The third kappa shape index (κ3) is 3.82. The third-order valence-electron chi connectivity index (χ3n) is 4.62. The molecule has 3 aromatic rings. The zero-order valence-electron chi connectivity index (χ0n) is 15.8. The molecule has 0 atom stereocenters. The molecule has 1 aliphatic heterocycles. The highest BCUT2D eigenvalue weighted by Crippen LogP contribution is 2.24. The summed E-state index contributed by atoms with van der Waals surface area (Å²) in [6, 6.07) is 11.7. The molecule has 8 heteroatoms. The Labute approximate surface area is 167 Å². The molecule has 0 N–H and O–H groups in total. The summed E-state index contributed by atoms with van der Waals surface area (Å²) in [5.41, 5.74) is 2.39. The number of methoxy groups -OCH3 is 1. The fraction of sp³-hybridized carbons (Fsp3) is 0.300. The molecule has 144 valence electrons. The number of aromatic nitrogens is 3. The van der Waals surface area contributed by atoms with Crippen LogP contribution in [0.1, 0.15) is 16.2 Å². The maximum absolute atomic E-state index is 12.8. The summed E-state index contributed by atoms with van der Waals surface area (Å²) in [6.07, 6.45) is 0. The van der Waals surface area contributed by atoms with Crippen LogP contribution in [0.25, 0.3) is 10.6 Å². The van der Waals surface area contributed by atoms with E-state index < -0.39 is 0 Å². The zero-order chi connectivity index (χ0) is 19.5. The zero-order valence-corrected chi connectivity index (χ0v) is 16.6. The van der Waals surface area contributed by atoms with Gasteiger partial charge in [0, 0.05) is 48.9 Å². The standard InChI is InChI=1S/C20H21N5O2S/c1-14-12-17(27-2)23-20(21-14)25-10-8-24(9-11-25)19(26)16-13-28-18(22-16)15-6-4-3-5-7-15/h3-7,12-13H,8-11H2,1-2H3. The number of anilines is 1. The summed E-state index contributed by atoms with van der Waals surface area (Å²) in [7, 11) is 1.60. The van der Waals surface area contributed by atoms with Gasteiger partial charge >= 0.3 is 0 Å². The van der Waals surface area contributed by atoms with Gasteiger partial charge in [-0.2, -0.15) is 4.98 Å². The Morgan fingerprint density at radius 3 is 2.54 bits per heavy atom. The second-order valence-electron chi connectivity index (χ2n) is 6.53. The number of aryl methyl sites for hydroxylation is 1. The number of ether oxygens (including phenoxy) is 1. The Balaban J connectivity index is 1.42. The molecule has 1 saturated heterocycles. The van der Waals surface area contributed by atoms with Crippen molar-refractivity contribution in [3.05, 3.63) is 53.2 Å². The minimum Gasteiger partial charge on any atom is -0.481 e. The van der Waals surface area contributed by atoms with Gasteiger partial charge < -0.3 is 14.5 Å². The quantitative estimate of drug-likeness (QED) is 0.676. The van der Waals surface area contributed by atoms with Crippen LogP contribution in [0.2, 0.25) is 0 Å². The van der Waals surface area contributed by atoms with Crippen LogP contribution in [0.3, 0.4) is 0 Å². The van der Waals surface area contributed by atoms with Gasteiger partial charge in [-0.15, -0.1) is 11.3 Å². The second-order valence-corrected chi connectivity index (χ2v) is 7.39. The van der Waals surface area contributed by atoms with Crippen molar-refractivity contribution in [3.63, 3.8) is 0 Å². The predicted octanol–water partition coefficient (Wildman–Crippen LogP) is 2.88. The maximum atomic E-state index is 12.8. The summed E-state index contributed by atoms with van der Waals surface area (Å²) in [6.45, 7) is 4.48. The fourth-order valence-corrected chi connectivity index (χ4v) is 3.93. The molecule has 4 rings (SSSR count). The van der Waals surface area contributed by atoms with Crippen LogP contribution < -0.4 is 9.64 Å². The van der Waals surface area contributed by atoms with Crippen LogP contribution in [0.15, 0.2) is 41.8 Å². The van der Waals surface area contributed by atoms with Gasteiger partial charge in [-0.3, -0.25) is 4.79 Å². The van der Waals surface area contributed by atoms with Crippen LogP contribution in [-0.2, 0) is 0 Å². The number of hydrogen-bond donors (Lipinski definition) is 0. The van der Waals surface area contributed by atoms with Crippen LogP contribution in [-0.4, -0.2) is 59.0 Å². The Morgan fingerprint density at radius 1 is 1.07 bits per heavy atom. The van der Waals surface area contributed by atoms with E-state index in [9.17, 15) is 4.79 Å². The van der Waals surface area contributed by atoms with Crippen molar-refractivity contribution in [3.8, 4) is 16.5 Å². The molecule has 28 heavy (non-hydrogen) atoms. The van der Waals surface area contributed by atoms with Crippen LogP contribution in [0, 0.1) is 6.92 Å². The average molecular weight is 395 g/mol. The number of nitrogens with zero attached hydrogens (tertiary/aromatic N) is 5. The topological polar surface area (TPSA) is 71.5 Å². The first-order valence-corrected chi connectivity index (χ1v) is 9.97. The molecule has 3 heterocycles. The normalized spacial score (nSPS) is 14.2. The number of carbonyl (C=O) groups is 1. The van der Waals surface area contributed by atoms with Crippen LogP contribution in [0.5, 0.6) is 5.88 Å². The highest BCUT2D eigenvalue weighted by atomic mass is 32.1. The van der Waals surface area contributed by atoms with Crippen molar-refractivity contribution in [2.24, 2.45) is 0 Å². The molecule has 0 bridgehead atoms. The van der Waals surface area contributed by atoms with Gasteiger partial charge in [-0.1, -0.05) is 30.3 Å².